The number of sulfonamides is 1. The number of alkyl carbamates (subject to hydrolysis) is 1. The molecule has 3 heterocycles. The number of nitrogens with zero attached hydrogens (tertiary/aromatic N) is 3. The molecule has 1 saturated heterocycles. The normalized spacial score (nSPS) is 27.4. The van der Waals surface area contributed by atoms with E-state index in [1.54, 1.807) is 27.0 Å². The predicted octanol–water partition coefficient (Wildman–Crippen LogP) is 2.76. The monoisotopic (exact) mass is 734 g/mol. The highest BCUT2D eigenvalue weighted by molar-refractivity contribution is 7.91. The molecular weight excluding hydrogens is 689 g/mol. The van der Waals surface area contributed by atoms with Crippen molar-refractivity contribution in [3.63, 3.8) is 0 Å². The Morgan fingerprint density at radius 3 is 2.46 bits per heavy atom. The molecule has 2 aliphatic carbocycles. The van der Waals surface area contributed by atoms with Gasteiger partial charge in [-0.05, 0) is 49.5 Å². The van der Waals surface area contributed by atoms with Crippen molar-refractivity contribution in [3.05, 3.63) is 77.3 Å². The summed E-state index contributed by atoms with van der Waals surface area (Å²) < 4.78 is 34.2. The van der Waals surface area contributed by atoms with Crippen LogP contribution >= 0.6 is 0 Å². The predicted molar refractivity (Wildman–Crippen MR) is 192 cm³/mol. The van der Waals surface area contributed by atoms with Gasteiger partial charge < -0.3 is 20.3 Å². The summed E-state index contributed by atoms with van der Waals surface area (Å²) in [6.07, 6.45) is 8.45. The van der Waals surface area contributed by atoms with Gasteiger partial charge in [0.05, 0.1) is 24.1 Å². The van der Waals surface area contributed by atoms with E-state index in [1.165, 1.54) is 15.7 Å². The lowest BCUT2D eigenvalue weighted by Crippen LogP contribution is -2.60. The molecular formula is C37H46N6O8S. The number of hydrogen-bond acceptors (Lipinski definition) is 9. The summed E-state index contributed by atoms with van der Waals surface area (Å²) in [4.78, 5) is 70.8. The fraction of sp³-hybridized carbons (Fsp3) is 0.514. The molecule has 2 aliphatic heterocycles. The zero-order valence-electron chi connectivity index (χ0n) is 29.7. The number of carbonyl (C=O) groups is 4. The van der Waals surface area contributed by atoms with Gasteiger partial charge >= 0.3 is 6.09 Å². The number of carbonyl (C=O) groups excluding carboxylic acids is 4. The van der Waals surface area contributed by atoms with Gasteiger partial charge in [0.25, 0.3) is 11.5 Å². The second-order valence-electron chi connectivity index (χ2n) is 15.1. The first-order valence-corrected chi connectivity index (χ1v) is 19.3. The molecule has 2 saturated carbocycles. The van der Waals surface area contributed by atoms with Crippen LogP contribution in [0.4, 0.5) is 4.79 Å². The summed E-state index contributed by atoms with van der Waals surface area (Å²) >= 11 is 0. The molecule has 4 bridgehead atoms. The molecule has 4 amide bonds. The van der Waals surface area contributed by atoms with Crippen molar-refractivity contribution < 1.29 is 32.3 Å². The van der Waals surface area contributed by atoms with Crippen molar-refractivity contribution in [1.29, 1.82) is 0 Å². The molecule has 5 atom stereocenters. The van der Waals surface area contributed by atoms with E-state index >= 15 is 0 Å². The van der Waals surface area contributed by atoms with E-state index in [2.05, 4.69) is 27.0 Å². The van der Waals surface area contributed by atoms with Crippen LogP contribution in [-0.2, 0) is 35.6 Å². The molecule has 15 heteroatoms. The van der Waals surface area contributed by atoms with Crippen LogP contribution in [0.3, 0.4) is 0 Å². The van der Waals surface area contributed by atoms with Crippen molar-refractivity contribution in [2.24, 2.45) is 11.3 Å². The summed E-state index contributed by atoms with van der Waals surface area (Å²) in [5.41, 5.74) is -0.737. The fourth-order valence-electron chi connectivity index (χ4n) is 7.03. The molecule has 0 radical (unpaired) electrons. The first kappa shape index (κ1) is 37.0. The Balaban J connectivity index is 1.38. The Bertz CT molecular complexity index is 1950. The van der Waals surface area contributed by atoms with Crippen LogP contribution in [0, 0.1) is 11.3 Å². The summed E-state index contributed by atoms with van der Waals surface area (Å²) in [5, 5.41) is 9.37. The molecule has 1 aromatic heterocycles. The van der Waals surface area contributed by atoms with Gasteiger partial charge in [0.2, 0.25) is 21.8 Å². The Hall–Kier alpha value is -4.79. The molecule has 0 spiro atoms. The van der Waals surface area contributed by atoms with Crippen LogP contribution in [0.15, 0.2) is 66.1 Å². The van der Waals surface area contributed by atoms with E-state index < -0.39 is 74.1 Å². The number of benzene rings is 1. The number of rotatable bonds is 7. The van der Waals surface area contributed by atoms with Gasteiger partial charge in [-0.25, -0.2) is 17.9 Å². The number of ether oxygens (including phenoxy) is 1. The van der Waals surface area contributed by atoms with Crippen molar-refractivity contribution in [2.45, 2.75) is 94.6 Å². The number of hydrogen-bond donors (Lipinski definition) is 3. The zero-order chi connectivity index (χ0) is 37.4. The minimum absolute atomic E-state index is 0.0351. The van der Waals surface area contributed by atoms with Crippen molar-refractivity contribution >= 4 is 33.8 Å². The summed E-state index contributed by atoms with van der Waals surface area (Å²) in [7, 11) is -3.92. The Kier molecular flexibility index (Phi) is 10.2. The number of aromatic nitrogens is 2. The van der Waals surface area contributed by atoms with Crippen LogP contribution in [-0.4, -0.2) is 82.9 Å². The molecule has 278 valence electrons. The van der Waals surface area contributed by atoms with Gasteiger partial charge in [-0.1, -0.05) is 69.3 Å². The van der Waals surface area contributed by atoms with E-state index in [-0.39, 0.29) is 31.6 Å². The van der Waals surface area contributed by atoms with Crippen molar-refractivity contribution in [3.8, 4) is 11.1 Å². The third-order valence-corrected chi connectivity index (χ3v) is 12.1. The lowest BCUT2D eigenvalue weighted by Gasteiger charge is -2.35. The van der Waals surface area contributed by atoms with Crippen LogP contribution < -0.4 is 20.9 Å². The first-order valence-electron chi connectivity index (χ1n) is 17.7. The highest BCUT2D eigenvalue weighted by atomic mass is 32.2. The molecule has 1 aromatic carbocycles. The number of amides is 4. The fourth-order valence-corrected chi connectivity index (χ4v) is 8.40. The van der Waals surface area contributed by atoms with Gasteiger partial charge in [0, 0.05) is 30.0 Å². The first-order chi connectivity index (χ1) is 24.7. The molecule has 3 N–H and O–H groups in total. The van der Waals surface area contributed by atoms with E-state index in [1.807, 2.05) is 42.5 Å². The lowest BCUT2D eigenvalue weighted by molar-refractivity contribution is -0.142. The summed E-state index contributed by atoms with van der Waals surface area (Å²) in [6, 6.07) is 6.35. The molecule has 14 nitrogen and oxygen atoms in total. The van der Waals surface area contributed by atoms with E-state index in [9.17, 15) is 32.4 Å². The number of allylic oxidation sites excluding steroid dienone is 1. The van der Waals surface area contributed by atoms with Gasteiger partial charge in [-0.3, -0.25) is 23.9 Å². The van der Waals surface area contributed by atoms with Gasteiger partial charge in [-0.2, -0.15) is 5.10 Å². The second-order valence-corrected chi connectivity index (χ2v) is 17.1. The van der Waals surface area contributed by atoms with E-state index in [4.69, 9.17) is 4.74 Å². The minimum atomic E-state index is -3.92. The minimum Gasteiger partial charge on any atom is -0.449 e. The second kappa shape index (κ2) is 14.3. The van der Waals surface area contributed by atoms with Crippen molar-refractivity contribution in [1.82, 2.24) is 30.0 Å². The average Bonchev–Trinajstić information content (AvgIpc) is 4.03. The van der Waals surface area contributed by atoms with Gasteiger partial charge in [-0.15, -0.1) is 6.58 Å². The smallest absolute Gasteiger partial charge is 0.407 e. The van der Waals surface area contributed by atoms with Crippen LogP contribution in [0.2, 0.25) is 0 Å². The lowest BCUT2D eigenvalue weighted by atomic mass is 9.85. The maximum Gasteiger partial charge on any atom is 0.407 e. The third-order valence-electron chi connectivity index (χ3n) is 10.3. The average molecular weight is 735 g/mol. The summed E-state index contributed by atoms with van der Waals surface area (Å²) in [6.45, 7) is 9.02. The van der Waals surface area contributed by atoms with Crippen LogP contribution in [0.25, 0.3) is 11.1 Å². The highest BCUT2D eigenvalue weighted by Crippen LogP contribution is 2.46. The molecule has 4 aliphatic rings. The van der Waals surface area contributed by atoms with Gasteiger partial charge in [0.15, 0.2) is 0 Å². The quantitative estimate of drug-likeness (QED) is 0.360. The number of nitrogens with one attached hydrogen (secondary N) is 3. The van der Waals surface area contributed by atoms with Gasteiger partial charge in [0.1, 0.15) is 17.6 Å². The maximum atomic E-state index is 14.5. The maximum absolute atomic E-state index is 14.5. The topological polar surface area (TPSA) is 186 Å². The number of fused-ring (bicyclic) bond motifs is 5. The standard InChI is InChI=1S/C37H46N6O8S/c1-5-24-20-37(24,34(47)41-52(49,50)26-16-17-26)40-31(44)29-19-25-22-42(29)33(46)30(36(2,3)4)39-35(48)51-18-12-7-6-11-15-27-28(21-38-43(25)32(27)45)23-13-9-8-10-14-23/h5-10,13-14,21,24-26,29-30H,1,11-12,15-20,22H2,2-4H3,(H,39,48)(H,40,44)(H,41,47)/b7-6+/t24-,25?,29+,30-,37?/m1/s1. The molecule has 2 unspecified atom stereocenters. The third kappa shape index (κ3) is 7.55. The SMILES string of the molecule is C=C[C@@H]1CC1(NC(=O)[C@@H]1CC2CN1C(=O)[C@H](C(C)(C)C)NC(=O)OCC/C=C/CCc1c(-c3ccccc3)cnn2c1=O)C(=O)NS(=O)(=O)C1CC1. The van der Waals surface area contributed by atoms with E-state index in [0.29, 0.717) is 43.2 Å². The largest absolute Gasteiger partial charge is 0.449 e. The van der Waals surface area contributed by atoms with E-state index in [0.717, 1.165) is 5.56 Å². The zero-order valence-corrected chi connectivity index (χ0v) is 30.5. The molecule has 52 heavy (non-hydrogen) atoms. The highest BCUT2D eigenvalue weighted by Gasteiger charge is 2.62. The Morgan fingerprint density at radius 1 is 1.10 bits per heavy atom. The Labute approximate surface area is 303 Å². The van der Waals surface area contributed by atoms with Crippen molar-refractivity contribution in [2.75, 3.05) is 13.2 Å². The Morgan fingerprint density at radius 2 is 1.81 bits per heavy atom. The number of cyclic esters (lactones) is 1. The van der Waals surface area contributed by atoms with Crippen LogP contribution in [0.5, 0.6) is 0 Å². The molecule has 3 fully saturated rings. The molecule has 6 rings (SSSR count). The summed E-state index contributed by atoms with van der Waals surface area (Å²) in [5.74, 6) is -2.70. The van der Waals surface area contributed by atoms with Crippen LogP contribution in [0.1, 0.15) is 70.9 Å². The molecule has 2 aromatic rings.